The lowest BCUT2D eigenvalue weighted by molar-refractivity contribution is -0.144. The summed E-state index contributed by atoms with van der Waals surface area (Å²) in [6.45, 7) is -0.303. The van der Waals surface area contributed by atoms with Crippen LogP contribution in [-0.2, 0) is 19.1 Å². The van der Waals surface area contributed by atoms with Crippen LogP contribution in [-0.4, -0.2) is 53.8 Å². The van der Waals surface area contributed by atoms with E-state index in [0.717, 1.165) is 11.8 Å². The number of benzene rings is 1. The van der Waals surface area contributed by atoms with E-state index < -0.39 is 22.9 Å². The Balaban J connectivity index is 2.33. The number of nitrogens with one attached hydrogen (secondary N) is 1. The van der Waals surface area contributed by atoms with Gasteiger partial charge in [0.2, 0.25) is 11.8 Å². The molecule has 1 fully saturated rings. The SMILES string of the molecule is CNC(=O)C1CC(=O)N(CC(=O)OC)C(=Nc2ccc(F)cc2)S1. The first-order chi connectivity index (χ1) is 11.4. The Morgan fingerprint density at radius 2 is 2.08 bits per heavy atom. The van der Waals surface area contributed by atoms with E-state index in [1.165, 1.54) is 43.3 Å². The van der Waals surface area contributed by atoms with Crippen molar-refractivity contribution in [2.45, 2.75) is 11.7 Å². The van der Waals surface area contributed by atoms with Crippen molar-refractivity contribution in [3.63, 3.8) is 0 Å². The van der Waals surface area contributed by atoms with Crippen molar-refractivity contribution in [3.05, 3.63) is 30.1 Å². The lowest BCUT2D eigenvalue weighted by Gasteiger charge is -2.30. The fourth-order valence-corrected chi connectivity index (χ4v) is 3.13. The summed E-state index contributed by atoms with van der Waals surface area (Å²) in [6.07, 6.45) is -0.0518. The highest BCUT2D eigenvalue weighted by Gasteiger charge is 2.36. The Labute approximate surface area is 142 Å². The Morgan fingerprint density at radius 3 is 2.67 bits per heavy atom. The molecule has 0 saturated carbocycles. The molecule has 1 aliphatic rings. The average Bonchev–Trinajstić information content (AvgIpc) is 2.58. The van der Waals surface area contributed by atoms with Crippen LogP contribution in [0.3, 0.4) is 0 Å². The molecule has 1 saturated heterocycles. The second kappa shape index (κ2) is 7.91. The number of amidine groups is 1. The van der Waals surface area contributed by atoms with Crippen LogP contribution in [0.15, 0.2) is 29.3 Å². The predicted octanol–water partition coefficient (Wildman–Crippen LogP) is 1.07. The van der Waals surface area contributed by atoms with Crippen molar-refractivity contribution in [1.82, 2.24) is 10.2 Å². The fourth-order valence-electron chi connectivity index (χ4n) is 1.98. The Bertz CT molecular complexity index is 678. The van der Waals surface area contributed by atoms with Gasteiger partial charge < -0.3 is 10.1 Å². The fraction of sp³-hybridized carbons (Fsp3) is 0.333. The number of carbonyl (C=O) groups is 3. The summed E-state index contributed by atoms with van der Waals surface area (Å²) < 4.78 is 17.6. The number of halogens is 1. The zero-order valence-corrected chi connectivity index (χ0v) is 13.9. The number of rotatable bonds is 4. The van der Waals surface area contributed by atoms with Crippen molar-refractivity contribution in [2.75, 3.05) is 20.7 Å². The molecule has 1 N–H and O–H groups in total. The third-order valence-corrected chi connectivity index (χ3v) is 4.43. The number of amides is 2. The van der Waals surface area contributed by atoms with Crippen molar-refractivity contribution in [2.24, 2.45) is 4.99 Å². The summed E-state index contributed by atoms with van der Waals surface area (Å²) in [7, 11) is 2.69. The first-order valence-corrected chi connectivity index (χ1v) is 7.92. The molecule has 1 unspecified atom stereocenters. The zero-order valence-electron chi connectivity index (χ0n) is 13.1. The highest BCUT2D eigenvalue weighted by atomic mass is 32.2. The maximum Gasteiger partial charge on any atom is 0.325 e. The minimum Gasteiger partial charge on any atom is -0.468 e. The average molecular weight is 353 g/mol. The first kappa shape index (κ1) is 17.9. The second-order valence-electron chi connectivity index (χ2n) is 4.85. The van der Waals surface area contributed by atoms with Crippen LogP contribution in [0.25, 0.3) is 0 Å². The quantitative estimate of drug-likeness (QED) is 0.818. The van der Waals surface area contributed by atoms with Gasteiger partial charge in [-0.1, -0.05) is 11.8 Å². The van der Waals surface area contributed by atoms with Crippen molar-refractivity contribution in [3.8, 4) is 0 Å². The Hall–Kier alpha value is -2.42. The number of aliphatic imine (C=N–C) groups is 1. The van der Waals surface area contributed by atoms with E-state index in [0.29, 0.717) is 5.69 Å². The van der Waals surface area contributed by atoms with Gasteiger partial charge in [0.1, 0.15) is 12.4 Å². The van der Waals surface area contributed by atoms with Gasteiger partial charge in [-0.2, -0.15) is 0 Å². The van der Waals surface area contributed by atoms with Gasteiger partial charge in [-0.05, 0) is 24.3 Å². The molecule has 24 heavy (non-hydrogen) atoms. The lowest BCUT2D eigenvalue weighted by atomic mass is 10.2. The van der Waals surface area contributed by atoms with E-state index >= 15 is 0 Å². The van der Waals surface area contributed by atoms with Gasteiger partial charge in [-0.15, -0.1) is 0 Å². The number of ether oxygens (including phenoxy) is 1. The van der Waals surface area contributed by atoms with Crippen LogP contribution in [0.4, 0.5) is 10.1 Å². The van der Waals surface area contributed by atoms with Crippen LogP contribution >= 0.6 is 11.8 Å². The lowest BCUT2D eigenvalue weighted by Crippen LogP contribution is -2.48. The summed E-state index contributed by atoms with van der Waals surface area (Å²) in [5.74, 6) is -1.73. The molecule has 128 valence electrons. The highest BCUT2D eigenvalue weighted by Crippen LogP contribution is 2.29. The van der Waals surface area contributed by atoms with Gasteiger partial charge in [0.05, 0.1) is 18.0 Å². The topological polar surface area (TPSA) is 88.1 Å². The first-order valence-electron chi connectivity index (χ1n) is 7.04. The van der Waals surface area contributed by atoms with Crippen LogP contribution in [0.2, 0.25) is 0 Å². The van der Waals surface area contributed by atoms with E-state index in [1.807, 2.05) is 0 Å². The zero-order chi connectivity index (χ0) is 17.7. The molecule has 2 amide bonds. The van der Waals surface area contributed by atoms with Crippen molar-refractivity contribution in [1.29, 1.82) is 0 Å². The largest absolute Gasteiger partial charge is 0.468 e. The van der Waals surface area contributed by atoms with E-state index in [-0.39, 0.29) is 24.0 Å². The van der Waals surface area contributed by atoms with E-state index in [1.54, 1.807) is 0 Å². The monoisotopic (exact) mass is 353 g/mol. The Kier molecular flexibility index (Phi) is 5.91. The second-order valence-corrected chi connectivity index (χ2v) is 6.02. The number of thioether (sulfide) groups is 1. The van der Waals surface area contributed by atoms with Gasteiger partial charge >= 0.3 is 5.97 Å². The summed E-state index contributed by atoms with van der Waals surface area (Å²) in [6, 6.07) is 5.34. The molecule has 1 heterocycles. The molecule has 0 aromatic heterocycles. The summed E-state index contributed by atoms with van der Waals surface area (Å²) in [5, 5.41) is 2.04. The normalized spacial score (nSPS) is 19.3. The molecule has 1 atom stereocenters. The van der Waals surface area contributed by atoms with Crippen LogP contribution in [0, 0.1) is 5.82 Å². The van der Waals surface area contributed by atoms with Crippen LogP contribution < -0.4 is 5.32 Å². The molecule has 7 nitrogen and oxygen atoms in total. The smallest absolute Gasteiger partial charge is 0.325 e. The van der Waals surface area contributed by atoms with E-state index in [4.69, 9.17) is 0 Å². The molecule has 0 spiro atoms. The number of hydrogen-bond acceptors (Lipinski definition) is 6. The summed E-state index contributed by atoms with van der Waals surface area (Å²) in [5.41, 5.74) is 0.402. The Morgan fingerprint density at radius 1 is 1.42 bits per heavy atom. The number of hydrogen-bond donors (Lipinski definition) is 1. The van der Waals surface area contributed by atoms with Crippen molar-refractivity contribution < 1.29 is 23.5 Å². The number of esters is 1. The van der Waals surface area contributed by atoms with Crippen molar-refractivity contribution >= 4 is 40.4 Å². The molecule has 0 bridgehead atoms. The summed E-state index contributed by atoms with van der Waals surface area (Å²) >= 11 is 1.07. The molecule has 0 radical (unpaired) electrons. The van der Waals surface area contributed by atoms with E-state index in [2.05, 4.69) is 15.0 Å². The molecule has 1 aromatic rings. The molecule has 2 rings (SSSR count). The van der Waals surface area contributed by atoms with Gasteiger partial charge in [-0.3, -0.25) is 19.3 Å². The van der Waals surface area contributed by atoms with Crippen LogP contribution in [0.5, 0.6) is 0 Å². The van der Waals surface area contributed by atoms with Gasteiger partial charge in [-0.25, -0.2) is 9.38 Å². The molecule has 0 aliphatic carbocycles. The minimum atomic E-state index is -0.643. The highest BCUT2D eigenvalue weighted by molar-refractivity contribution is 8.15. The minimum absolute atomic E-state index is 0.0518. The molecule has 9 heteroatoms. The third kappa shape index (κ3) is 4.31. The third-order valence-electron chi connectivity index (χ3n) is 3.24. The van der Waals surface area contributed by atoms with Crippen LogP contribution in [0.1, 0.15) is 6.42 Å². The number of nitrogens with zero attached hydrogens (tertiary/aromatic N) is 2. The number of methoxy groups -OCH3 is 1. The maximum absolute atomic E-state index is 13.0. The number of carbonyl (C=O) groups excluding carboxylic acids is 3. The van der Waals surface area contributed by atoms with Gasteiger partial charge in [0.15, 0.2) is 5.17 Å². The maximum atomic E-state index is 13.0. The van der Waals surface area contributed by atoms with E-state index in [9.17, 15) is 18.8 Å². The predicted molar refractivity (Wildman–Crippen MR) is 87.3 cm³/mol. The standard InChI is InChI=1S/C15H16FN3O4S/c1-17-14(22)11-7-12(20)19(8-13(21)23-2)15(24-11)18-10-5-3-9(16)4-6-10/h3-6,11H,7-8H2,1-2H3,(H,17,22). The summed E-state index contributed by atoms with van der Waals surface area (Å²) in [4.78, 5) is 41.1. The molecular weight excluding hydrogens is 337 g/mol. The van der Waals surface area contributed by atoms with Gasteiger partial charge in [0.25, 0.3) is 0 Å². The molecular formula is C15H16FN3O4S. The van der Waals surface area contributed by atoms with Gasteiger partial charge in [0, 0.05) is 13.5 Å². The molecule has 1 aromatic carbocycles. The molecule has 1 aliphatic heterocycles.